The molecule has 1 N–H and O–H groups in total. The van der Waals surface area contributed by atoms with E-state index in [4.69, 9.17) is 9.84 Å². The monoisotopic (exact) mass is 235 g/mol. The van der Waals surface area contributed by atoms with Crippen molar-refractivity contribution >= 4 is 11.6 Å². The molecule has 0 aliphatic carbocycles. The second-order valence-electron chi connectivity index (χ2n) is 3.48. The van der Waals surface area contributed by atoms with E-state index in [-0.39, 0.29) is 6.61 Å². The number of carbonyl (C=O) groups is 1. The SMILES string of the molecule is CCOC(=O)c1cnn2cc(CCO)cnc12. The third-order valence-corrected chi connectivity index (χ3v) is 2.31. The van der Waals surface area contributed by atoms with Gasteiger partial charge in [0.15, 0.2) is 5.65 Å². The molecule has 2 aromatic heterocycles. The van der Waals surface area contributed by atoms with Crippen LogP contribution in [0.15, 0.2) is 18.6 Å². The topological polar surface area (TPSA) is 76.7 Å². The second kappa shape index (κ2) is 4.92. The lowest BCUT2D eigenvalue weighted by Gasteiger charge is -2.01. The number of aromatic nitrogens is 3. The number of carbonyl (C=O) groups excluding carboxylic acids is 1. The molecule has 0 aliphatic heterocycles. The van der Waals surface area contributed by atoms with Gasteiger partial charge in [0.05, 0.1) is 12.8 Å². The molecule has 0 fully saturated rings. The van der Waals surface area contributed by atoms with Crippen LogP contribution < -0.4 is 0 Å². The molecular formula is C11H13N3O3. The summed E-state index contributed by atoms with van der Waals surface area (Å²) in [6.07, 6.45) is 5.30. The van der Waals surface area contributed by atoms with Crippen LogP contribution >= 0.6 is 0 Å². The fraction of sp³-hybridized carbons (Fsp3) is 0.364. The highest BCUT2D eigenvalue weighted by Crippen LogP contribution is 2.10. The minimum Gasteiger partial charge on any atom is -0.462 e. The molecule has 6 nitrogen and oxygen atoms in total. The normalized spacial score (nSPS) is 10.7. The van der Waals surface area contributed by atoms with Crippen molar-refractivity contribution in [1.82, 2.24) is 14.6 Å². The van der Waals surface area contributed by atoms with Gasteiger partial charge in [-0.2, -0.15) is 5.10 Å². The Bertz CT molecular complexity index is 536. The van der Waals surface area contributed by atoms with Gasteiger partial charge in [-0.05, 0) is 18.9 Å². The minimum absolute atomic E-state index is 0.0548. The van der Waals surface area contributed by atoms with Crippen molar-refractivity contribution in [2.75, 3.05) is 13.2 Å². The van der Waals surface area contributed by atoms with Gasteiger partial charge in [-0.1, -0.05) is 0 Å². The molecule has 0 saturated carbocycles. The van der Waals surface area contributed by atoms with E-state index >= 15 is 0 Å². The van der Waals surface area contributed by atoms with Gasteiger partial charge in [-0.3, -0.25) is 0 Å². The Balaban J connectivity index is 2.38. The maximum absolute atomic E-state index is 11.6. The molecule has 0 aromatic carbocycles. The quantitative estimate of drug-likeness (QED) is 0.778. The molecule has 0 atom stereocenters. The Labute approximate surface area is 97.9 Å². The average Bonchev–Trinajstić information content (AvgIpc) is 2.73. The highest BCUT2D eigenvalue weighted by molar-refractivity contribution is 5.95. The molecule has 0 radical (unpaired) electrons. The van der Waals surface area contributed by atoms with Crippen LogP contribution in [0.3, 0.4) is 0 Å². The molecule has 2 aromatic rings. The van der Waals surface area contributed by atoms with Gasteiger partial charge in [0.2, 0.25) is 0 Å². The van der Waals surface area contributed by atoms with Gasteiger partial charge in [-0.25, -0.2) is 14.3 Å². The molecule has 90 valence electrons. The van der Waals surface area contributed by atoms with Crippen molar-refractivity contribution in [3.05, 3.63) is 29.7 Å². The Morgan fingerprint density at radius 3 is 3.06 bits per heavy atom. The smallest absolute Gasteiger partial charge is 0.343 e. The summed E-state index contributed by atoms with van der Waals surface area (Å²) in [6, 6.07) is 0. The van der Waals surface area contributed by atoms with Crippen molar-refractivity contribution in [3.8, 4) is 0 Å². The second-order valence-corrected chi connectivity index (χ2v) is 3.48. The van der Waals surface area contributed by atoms with E-state index in [1.54, 1.807) is 19.3 Å². The van der Waals surface area contributed by atoms with Gasteiger partial charge in [0.1, 0.15) is 5.56 Å². The van der Waals surface area contributed by atoms with Crippen LogP contribution in [0.4, 0.5) is 0 Å². The van der Waals surface area contributed by atoms with Crippen LogP contribution in [0, 0.1) is 0 Å². The van der Waals surface area contributed by atoms with E-state index in [1.165, 1.54) is 10.7 Å². The van der Waals surface area contributed by atoms with Crippen LogP contribution in [0.5, 0.6) is 0 Å². The number of hydrogen-bond donors (Lipinski definition) is 1. The molecule has 0 unspecified atom stereocenters. The lowest BCUT2D eigenvalue weighted by molar-refractivity contribution is 0.0528. The van der Waals surface area contributed by atoms with Crippen LogP contribution in [0.1, 0.15) is 22.8 Å². The molecular weight excluding hydrogens is 222 g/mol. The molecule has 0 saturated heterocycles. The minimum atomic E-state index is -0.426. The Morgan fingerprint density at radius 2 is 2.35 bits per heavy atom. The van der Waals surface area contributed by atoms with E-state index < -0.39 is 5.97 Å². The van der Waals surface area contributed by atoms with Crippen LogP contribution in [0.2, 0.25) is 0 Å². The van der Waals surface area contributed by atoms with Gasteiger partial charge in [-0.15, -0.1) is 0 Å². The molecule has 2 rings (SSSR count). The maximum Gasteiger partial charge on any atom is 0.343 e. The number of rotatable bonds is 4. The summed E-state index contributed by atoms with van der Waals surface area (Å²) in [5.41, 5.74) is 1.67. The first kappa shape index (κ1) is 11.5. The van der Waals surface area contributed by atoms with Gasteiger partial charge < -0.3 is 9.84 Å². The Kier molecular flexibility index (Phi) is 3.34. The van der Waals surface area contributed by atoms with Crippen molar-refractivity contribution in [3.63, 3.8) is 0 Å². The number of nitrogens with zero attached hydrogens (tertiary/aromatic N) is 3. The molecule has 2 heterocycles. The zero-order valence-corrected chi connectivity index (χ0v) is 9.46. The lowest BCUT2D eigenvalue weighted by atomic mass is 10.2. The summed E-state index contributed by atoms with van der Waals surface area (Å²) < 4.78 is 6.41. The van der Waals surface area contributed by atoms with Gasteiger partial charge in [0.25, 0.3) is 0 Å². The predicted octanol–water partition coefficient (Wildman–Crippen LogP) is 0.441. The number of esters is 1. The van der Waals surface area contributed by atoms with Crippen LogP contribution in [-0.4, -0.2) is 38.9 Å². The molecule has 0 aliphatic rings. The summed E-state index contributed by atoms with van der Waals surface area (Å²) in [5, 5.41) is 12.9. The predicted molar refractivity (Wildman–Crippen MR) is 59.7 cm³/mol. The summed E-state index contributed by atoms with van der Waals surface area (Å²) in [5.74, 6) is -0.426. The molecule has 0 spiro atoms. The van der Waals surface area contributed by atoms with E-state index in [0.29, 0.717) is 24.2 Å². The zero-order chi connectivity index (χ0) is 12.3. The van der Waals surface area contributed by atoms with Crippen LogP contribution in [0.25, 0.3) is 5.65 Å². The number of fused-ring (bicyclic) bond motifs is 1. The van der Waals surface area contributed by atoms with E-state index in [9.17, 15) is 4.79 Å². The van der Waals surface area contributed by atoms with E-state index in [1.807, 2.05) is 0 Å². The fourth-order valence-corrected chi connectivity index (χ4v) is 1.52. The molecule has 0 amide bonds. The number of ether oxygens (including phenoxy) is 1. The van der Waals surface area contributed by atoms with Crippen LogP contribution in [-0.2, 0) is 11.2 Å². The maximum atomic E-state index is 11.6. The lowest BCUT2D eigenvalue weighted by Crippen LogP contribution is -2.05. The van der Waals surface area contributed by atoms with Crippen molar-refractivity contribution in [1.29, 1.82) is 0 Å². The summed E-state index contributed by atoms with van der Waals surface area (Å²) in [7, 11) is 0. The average molecular weight is 235 g/mol. The Hall–Kier alpha value is -1.95. The standard InChI is InChI=1S/C11H13N3O3/c1-2-17-11(16)9-6-13-14-7-8(3-4-15)5-12-10(9)14/h5-7,15H,2-4H2,1H3. The van der Waals surface area contributed by atoms with Crippen molar-refractivity contribution in [2.24, 2.45) is 0 Å². The molecule has 6 heteroatoms. The van der Waals surface area contributed by atoms with E-state index in [2.05, 4.69) is 10.1 Å². The highest BCUT2D eigenvalue weighted by Gasteiger charge is 2.14. The van der Waals surface area contributed by atoms with Crippen molar-refractivity contribution in [2.45, 2.75) is 13.3 Å². The first-order chi connectivity index (χ1) is 8.26. The van der Waals surface area contributed by atoms with Crippen molar-refractivity contribution < 1.29 is 14.6 Å². The summed E-state index contributed by atoms with van der Waals surface area (Å²) in [6.45, 7) is 2.12. The molecule has 0 bridgehead atoms. The number of aliphatic hydroxyl groups excluding tert-OH is 1. The molecule has 17 heavy (non-hydrogen) atoms. The van der Waals surface area contributed by atoms with Gasteiger partial charge >= 0.3 is 5.97 Å². The first-order valence-corrected chi connectivity index (χ1v) is 5.36. The number of hydrogen-bond acceptors (Lipinski definition) is 5. The third kappa shape index (κ3) is 2.26. The number of aliphatic hydroxyl groups is 1. The Morgan fingerprint density at radius 1 is 1.53 bits per heavy atom. The van der Waals surface area contributed by atoms with E-state index in [0.717, 1.165) is 5.56 Å². The first-order valence-electron chi connectivity index (χ1n) is 5.36. The van der Waals surface area contributed by atoms with Gasteiger partial charge in [0, 0.05) is 19.0 Å². The highest BCUT2D eigenvalue weighted by atomic mass is 16.5. The largest absolute Gasteiger partial charge is 0.462 e. The third-order valence-electron chi connectivity index (χ3n) is 2.31. The zero-order valence-electron chi connectivity index (χ0n) is 9.46. The summed E-state index contributed by atoms with van der Waals surface area (Å²) in [4.78, 5) is 15.7. The fourth-order valence-electron chi connectivity index (χ4n) is 1.52. The summed E-state index contributed by atoms with van der Waals surface area (Å²) >= 11 is 0.